The van der Waals surface area contributed by atoms with E-state index in [0.29, 0.717) is 30.5 Å². The fourth-order valence-electron chi connectivity index (χ4n) is 6.51. The first-order chi connectivity index (χ1) is 19.3. The van der Waals surface area contributed by atoms with Gasteiger partial charge in [0.15, 0.2) is 11.4 Å². The van der Waals surface area contributed by atoms with Crippen LogP contribution in [0.1, 0.15) is 62.5 Å². The number of nitrogens with one attached hydrogen (secondary N) is 3. The summed E-state index contributed by atoms with van der Waals surface area (Å²) in [6.07, 6.45) is 6.04. The average molecular weight is 548 g/mol. The van der Waals surface area contributed by atoms with Crippen LogP contribution in [0.15, 0.2) is 48.5 Å². The Hall–Kier alpha value is -3.56. The molecule has 2 aliphatic carbocycles. The van der Waals surface area contributed by atoms with Crippen molar-refractivity contribution < 1.29 is 29.4 Å². The summed E-state index contributed by atoms with van der Waals surface area (Å²) < 4.78 is 0. The van der Waals surface area contributed by atoms with E-state index in [1.54, 1.807) is 24.3 Å². The Labute approximate surface area is 233 Å². The van der Waals surface area contributed by atoms with Crippen LogP contribution in [0.5, 0.6) is 0 Å². The minimum atomic E-state index is -1.99. The lowest BCUT2D eigenvalue weighted by Gasteiger charge is -2.31. The predicted octanol–water partition coefficient (Wildman–Crippen LogP) is 1.93. The third-order valence-corrected chi connectivity index (χ3v) is 8.71. The highest BCUT2D eigenvalue weighted by Crippen LogP contribution is 2.47. The zero-order valence-corrected chi connectivity index (χ0v) is 22.5. The van der Waals surface area contributed by atoms with Crippen LogP contribution >= 0.6 is 0 Å². The number of Topliss-reactive ketones (excluding diaryl/α,β-unsaturated/α-hetero) is 1. The van der Waals surface area contributed by atoms with Crippen molar-refractivity contribution >= 4 is 23.5 Å². The summed E-state index contributed by atoms with van der Waals surface area (Å²) in [6, 6.07) is 12.3. The highest BCUT2D eigenvalue weighted by Gasteiger charge is 2.48. The van der Waals surface area contributed by atoms with Crippen LogP contribution in [-0.2, 0) is 24.8 Å². The molecule has 9 nitrogen and oxygen atoms in total. The predicted molar refractivity (Wildman–Crippen MR) is 148 cm³/mol. The minimum Gasteiger partial charge on any atom is -0.389 e. The second-order valence-electron chi connectivity index (χ2n) is 11.3. The van der Waals surface area contributed by atoms with Crippen molar-refractivity contribution in [3.8, 4) is 11.1 Å². The van der Waals surface area contributed by atoms with Crippen molar-refractivity contribution in [2.24, 2.45) is 11.8 Å². The Morgan fingerprint density at radius 3 is 2.08 bits per heavy atom. The van der Waals surface area contributed by atoms with E-state index in [4.69, 9.17) is 0 Å². The van der Waals surface area contributed by atoms with E-state index in [1.807, 2.05) is 24.3 Å². The molecule has 1 heterocycles. The molecule has 0 unspecified atom stereocenters. The van der Waals surface area contributed by atoms with Gasteiger partial charge in [0.25, 0.3) is 5.91 Å². The number of ketones is 1. The van der Waals surface area contributed by atoms with E-state index in [9.17, 15) is 29.4 Å². The van der Waals surface area contributed by atoms with Crippen LogP contribution in [0.25, 0.3) is 11.1 Å². The number of carbonyl (C=O) groups excluding carboxylic acids is 4. The quantitative estimate of drug-likeness (QED) is 0.307. The molecule has 212 valence electrons. The van der Waals surface area contributed by atoms with Crippen LogP contribution in [0.3, 0.4) is 0 Å². The molecular formula is C31H37N3O6. The molecular weight excluding hydrogens is 510 g/mol. The molecule has 40 heavy (non-hydrogen) atoms. The van der Waals surface area contributed by atoms with Gasteiger partial charge in [-0.15, -0.1) is 0 Å². The number of aliphatic hydroxyl groups excluding tert-OH is 1. The lowest BCUT2D eigenvalue weighted by Crippen LogP contribution is -2.56. The van der Waals surface area contributed by atoms with Gasteiger partial charge in [-0.2, -0.15) is 0 Å². The molecule has 3 atom stereocenters. The Bertz CT molecular complexity index is 1240. The molecule has 1 saturated carbocycles. The van der Waals surface area contributed by atoms with Crippen molar-refractivity contribution in [2.75, 3.05) is 13.2 Å². The van der Waals surface area contributed by atoms with Crippen LogP contribution in [0.4, 0.5) is 0 Å². The Morgan fingerprint density at radius 2 is 1.50 bits per heavy atom. The van der Waals surface area contributed by atoms with E-state index in [1.165, 1.54) is 0 Å². The van der Waals surface area contributed by atoms with Gasteiger partial charge in [0.2, 0.25) is 11.8 Å². The van der Waals surface area contributed by atoms with Crippen LogP contribution in [0, 0.1) is 11.8 Å². The Balaban J connectivity index is 1.41. The number of hydrogen-bond acceptors (Lipinski definition) is 6. The average Bonchev–Trinajstić information content (AvgIpc) is 3.51. The first-order valence-corrected chi connectivity index (χ1v) is 14.3. The minimum absolute atomic E-state index is 0.0751. The lowest BCUT2D eigenvalue weighted by atomic mass is 9.84. The van der Waals surface area contributed by atoms with Crippen LogP contribution in [-0.4, -0.2) is 59.0 Å². The monoisotopic (exact) mass is 547 g/mol. The number of benzene rings is 2. The molecule has 0 bridgehead atoms. The molecule has 3 aliphatic rings. The standard InChI is InChI=1S/C31H37N3O6/c35-18-27(36)25(17-20-14-15-32-28(20)37)33-29(38)26(16-19-8-2-1-3-9-19)34-30(39)31(40)23-12-6-4-10-21(23)22-11-5-7-13-24(22)31/h4-7,10-13,19-20,25-26,35,40H,1-3,8-9,14-18H2,(H,32,37)(H,33,38)(H,34,39)/t20-,25+,26+/m1/s1. The fraction of sp³-hybridized carbons (Fsp3) is 0.484. The SMILES string of the molecule is O=C1NCC[C@@H]1C[C@H](NC(=O)[C@H](CC1CCCCC1)NC(=O)C1(O)c2ccccc2-c2ccccc21)C(=O)CO. The molecule has 3 amide bonds. The zero-order chi connectivity index (χ0) is 28.3. The van der Waals surface area contributed by atoms with Gasteiger partial charge in [0, 0.05) is 23.6 Å². The van der Waals surface area contributed by atoms with Gasteiger partial charge >= 0.3 is 0 Å². The fourth-order valence-corrected chi connectivity index (χ4v) is 6.51. The molecule has 5 N–H and O–H groups in total. The van der Waals surface area contributed by atoms with Gasteiger partial charge in [-0.05, 0) is 36.3 Å². The molecule has 2 aromatic carbocycles. The maximum absolute atomic E-state index is 13.9. The lowest BCUT2D eigenvalue weighted by molar-refractivity contribution is -0.140. The van der Waals surface area contributed by atoms with Gasteiger partial charge in [-0.25, -0.2) is 0 Å². The molecule has 0 radical (unpaired) electrons. The number of fused-ring (bicyclic) bond motifs is 3. The van der Waals surface area contributed by atoms with E-state index in [2.05, 4.69) is 16.0 Å². The molecule has 1 saturated heterocycles. The Morgan fingerprint density at radius 1 is 0.875 bits per heavy atom. The maximum Gasteiger partial charge on any atom is 0.262 e. The summed E-state index contributed by atoms with van der Waals surface area (Å²) in [5, 5.41) is 29.8. The summed E-state index contributed by atoms with van der Waals surface area (Å²) in [5.41, 5.74) is 0.428. The van der Waals surface area contributed by atoms with Crippen LogP contribution in [0.2, 0.25) is 0 Å². The normalized spacial score (nSPS) is 21.1. The van der Waals surface area contributed by atoms with Crippen molar-refractivity contribution in [1.82, 2.24) is 16.0 Å². The van der Waals surface area contributed by atoms with Gasteiger partial charge < -0.3 is 26.2 Å². The van der Waals surface area contributed by atoms with Gasteiger partial charge in [-0.1, -0.05) is 80.6 Å². The van der Waals surface area contributed by atoms with Crippen LogP contribution < -0.4 is 16.0 Å². The largest absolute Gasteiger partial charge is 0.389 e. The molecule has 2 aromatic rings. The molecule has 9 heteroatoms. The third kappa shape index (κ3) is 5.40. The molecule has 5 rings (SSSR count). The van der Waals surface area contributed by atoms with E-state index < -0.39 is 47.8 Å². The van der Waals surface area contributed by atoms with Crippen molar-refractivity contribution in [1.29, 1.82) is 0 Å². The van der Waals surface area contributed by atoms with Gasteiger partial charge in [-0.3, -0.25) is 19.2 Å². The molecule has 0 spiro atoms. The van der Waals surface area contributed by atoms with Gasteiger partial charge in [0.1, 0.15) is 12.6 Å². The van der Waals surface area contributed by atoms with E-state index in [0.717, 1.165) is 43.2 Å². The van der Waals surface area contributed by atoms with Gasteiger partial charge in [0.05, 0.1) is 6.04 Å². The second-order valence-corrected chi connectivity index (χ2v) is 11.3. The molecule has 2 fully saturated rings. The topological polar surface area (TPSA) is 145 Å². The van der Waals surface area contributed by atoms with Crippen molar-refractivity contribution in [2.45, 2.75) is 69.1 Å². The first kappa shape index (κ1) is 28.0. The van der Waals surface area contributed by atoms with E-state index >= 15 is 0 Å². The number of rotatable bonds is 10. The smallest absolute Gasteiger partial charge is 0.262 e. The zero-order valence-electron chi connectivity index (χ0n) is 22.5. The molecule has 1 aliphatic heterocycles. The highest BCUT2D eigenvalue weighted by molar-refractivity contribution is 6.01. The maximum atomic E-state index is 13.9. The number of aliphatic hydroxyl groups is 2. The number of carbonyl (C=O) groups is 4. The summed E-state index contributed by atoms with van der Waals surface area (Å²) in [4.78, 5) is 52.4. The summed E-state index contributed by atoms with van der Waals surface area (Å²) in [5.74, 6) is -2.28. The third-order valence-electron chi connectivity index (χ3n) is 8.71. The first-order valence-electron chi connectivity index (χ1n) is 14.3. The molecule has 0 aromatic heterocycles. The van der Waals surface area contributed by atoms with Crippen molar-refractivity contribution in [3.05, 3.63) is 59.7 Å². The number of hydrogen-bond donors (Lipinski definition) is 5. The Kier molecular flexibility index (Phi) is 8.32. The van der Waals surface area contributed by atoms with E-state index in [-0.39, 0.29) is 18.2 Å². The summed E-state index contributed by atoms with van der Waals surface area (Å²) in [7, 11) is 0. The second kappa shape index (κ2) is 11.9. The summed E-state index contributed by atoms with van der Waals surface area (Å²) >= 11 is 0. The summed E-state index contributed by atoms with van der Waals surface area (Å²) in [6.45, 7) is -0.272. The highest BCUT2D eigenvalue weighted by atomic mass is 16.3. The van der Waals surface area contributed by atoms with Crippen molar-refractivity contribution in [3.63, 3.8) is 0 Å². The number of amides is 3.